The van der Waals surface area contributed by atoms with Crippen molar-refractivity contribution in [2.45, 2.75) is 33.1 Å². The minimum absolute atomic E-state index is 0.0657. The first-order chi connectivity index (χ1) is 11.0. The van der Waals surface area contributed by atoms with Crippen LogP contribution in [0.3, 0.4) is 0 Å². The maximum atomic E-state index is 12.7. The summed E-state index contributed by atoms with van der Waals surface area (Å²) in [5.74, 6) is 0.182. The molecule has 0 saturated heterocycles. The van der Waals surface area contributed by atoms with Crippen molar-refractivity contribution < 1.29 is 9.59 Å². The number of carbonyl (C=O) groups excluding carboxylic acids is 2. The Morgan fingerprint density at radius 1 is 1.09 bits per heavy atom. The summed E-state index contributed by atoms with van der Waals surface area (Å²) in [5.41, 5.74) is 5.01. The van der Waals surface area contributed by atoms with Crippen LogP contribution in [0.5, 0.6) is 0 Å². The van der Waals surface area contributed by atoms with Crippen molar-refractivity contribution >= 4 is 17.4 Å². The Morgan fingerprint density at radius 3 is 2.52 bits per heavy atom. The van der Waals surface area contributed by atoms with Crippen molar-refractivity contribution in [1.29, 1.82) is 0 Å². The smallest absolute Gasteiger partial charge is 0.231 e. The number of carbonyl (C=O) groups is 2. The molecular weight excluding hydrogens is 286 g/mol. The fourth-order valence-corrected chi connectivity index (χ4v) is 3.05. The Hall–Kier alpha value is -2.42. The highest BCUT2D eigenvalue weighted by molar-refractivity contribution is 5.98. The van der Waals surface area contributed by atoms with E-state index in [1.165, 1.54) is 5.56 Å². The highest BCUT2D eigenvalue weighted by atomic mass is 16.2. The number of fused-ring (bicyclic) bond motifs is 1. The Bertz CT molecular complexity index is 747. The molecular formula is C20H21NO2. The summed E-state index contributed by atoms with van der Waals surface area (Å²) in [6.45, 7) is 4.36. The van der Waals surface area contributed by atoms with Crippen molar-refractivity contribution in [3.63, 3.8) is 0 Å². The van der Waals surface area contributed by atoms with Gasteiger partial charge in [0.05, 0.1) is 6.42 Å². The van der Waals surface area contributed by atoms with Gasteiger partial charge in [-0.05, 0) is 56.0 Å². The minimum atomic E-state index is 0.0657. The van der Waals surface area contributed by atoms with Crippen LogP contribution < -0.4 is 4.90 Å². The zero-order valence-electron chi connectivity index (χ0n) is 13.6. The van der Waals surface area contributed by atoms with Gasteiger partial charge in [0.15, 0.2) is 5.78 Å². The molecule has 2 aromatic rings. The van der Waals surface area contributed by atoms with E-state index in [-0.39, 0.29) is 11.7 Å². The number of nitrogens with zero attached hydrogens (tertiary/aromatic N) is 1. The summed E-state index contributed by atoms with van der Waals surface area (Å²) in [6, 6.07) is 13.8. The second-order valence-corrected chi connectivity index (χ2v) is 6.21. The van der Waals surface area contributed by atoms with E-state index >= 15 is 0 Å². The molecule has 1 amide bonds. The predicted octanol–water partition coefficient (Wildman–Crippen LogP) is 3.72. The molecule has 3 heteroatoms. The lowest BCUT2D eigenvalue weighted by molar-refractivity contribution is -0.118. The number of amides is 1. The van der Waals surface area contributed by atoms with Gasteiger partial charge in [-0.3, -0.25) is 9.59 Å². The molecule has 2 aromatic carbocycles. The number of aryl methyl sites for hydroxylation is 2. The number of ketones is 1. The molecule has 0 bridgehead atoms. The first-order valence-corrected chi connectivity index (χ1v) is 8.04. The van der Waals surface area contributed by atoms with E-state index in [2.05, 4.69) is 0 Å². The topological polar surface area (TPSA) is 37.4 Å². The largest absolute Gasteiger partial charge is 0.312 e. The molecule has 1 heterocycles. The van der Waals surface area contributed by atoms with Gasteiger partial charge in [-0.2, -0.15) is 0 Å². The van der Waals surface area contributed by atoms with Crippen LogP contribution in [0.25, 0.3) is 0 Å². The van der Waals surface area contributed by atoms with Crippen LogP contribution in [0.2, 0.25) is 0 Å². The third kappa shape index (κ3) is 3.34. The molecule has 0 saturated carbocycles. The second kappa shape index (κ2) is 6.37. The number of benzene rings is 2. The first kappa shape index (κ1) is 15.5. The molecule has 3 rings (SSSR count). The van der Waals surface area contributed by atoms with Gasteiger partial charge in [0.25, 0.3) is 0 Å². The third-order valence-electron chi connectivity index (χ3n) is 4.38. The van der Waals surface area contributed by atoms with E-state index in [0.717, 1.165) is 41.8 Å². The molecule has 23 heavy (non-hydrogen) atoms. The van der Waals surface area contributed by atoms with Crippen LogP contribution in [0.1, 0.15) is 40.4 Å². The van der Waals surface area contributed by atoms with Gasteiger partial charge in [-0.15, -0.1) is 0 Å². The van der Waals surface area contributed by atoms with E-state index in [4.69, 9.17) is 0 Å². The van der Waals surface area contributed by atoms with Crippen molar-refractivity contribution in [2.75, 3.05) is 11.4 Å². The van der Waals surface area contributed by atoms with Crippen molar-refractivity contribution in [3.05, 3.63) is 64.7 Å². The van der Waals surface area contributed by atoms with Gasteiger partial charge < -0.3 is 4.90 Å². The van der Waals surface area contributed by atoms with Crippen LogP contribution >= 0.6 is 0 Å². The highest BCUT2D eigenvalue weighted by Gasteiger charge is 2.23. The lowest BCUT2D eigenvalue weighted by atomic mass is 9.97. The number of hydrogen-bond donors (Lipinski definition) is 0. The Morgan fingerprint density at radius 2 is 1.83 bits per heavy atom. The van der Waals surface area contributed by atoms with Gasteiger partial charge >= 0.3 is 0 Å². The van der Waals surface area contributed by atoms with Crippen LogP contribution in [-0.2, 0) is 17.6 Å². The normalized spacial score (nSPS) is 13.6. The van der Waals surface area contributed by atoms with Gasteiger partial charge in [-0.25, -0.2) is 0 Å². The fraction of sp³-hybridized carbons (Fsp3) is 0.300. The van der Waals surface area contributed by atoms with Crippen molar-refractivity contribution in [3.8, 4) is 0 Å². The summed E-state index contributed by atoms with van der Waals surface area (Å²) in [4.78, 5) is 26.1. The third-order valence-corrected chi connectivity index (χ3v) is 4.38. The maximum absolute atomic E-state index is 12.7. The fourth-order valence-electron chi connectivity index (χ4n) is 3.05. The lowest BCUT2D eigenvalue weighted by Crippen LogP contribution is -2.36. The molecule has 0 atom stereocenters. The van der Waals surface area contributed by atoms with Crippen LogP contribution in [0.4, 0.5) is 5.69 Å². The summed E-state index contributed by atoms with van der Waals surface area (Å²) in [7, 11) is 0. The monoisotopic (exact) mass is 307 g/mol. The first-order valence-electron chi connectivity index (χ1n) is 8.04. The average Bonchev–Trinajstić information content (AvgIpc) is 2.55. The second-order valence-electron chi connectivity index (χ2n) is 6.21. The van der Waals surface area contributed by atoms with Crippen molar-refractivity contribution in [2.24, 2.45) is 0 Å². The van der Waals surface area contributed by atoms with Gasteiger partial charge in [0.1, 0.15) is 0 Å². The molecule has 0 N–H and O–H groups in total. The number of Topliss-reactive ketones (excluding diaryl/α,β-unsaturated/α-hetero) is 1. The number of rotatable bonds is 3. The molecule has 3 nitrogen and oxygen atoms in total. The highest BCUT2D eigenvalue weighted by Crippen LogP contribution is 2.29. The predicted molar refractivity (Wildman–Crippen MR) is 92.0 cm³/mol. The molecule has 0 aliphatic carbocycles. The van der Waals surface area contributed by atoms with E-state index in [1.54, 1.807) is 6.92 Å². The Balaban J connectivity index is 1.83. The molecule has 0 aromatic heterocycles. The van der Waals surface area contributed by atoms with Gasteiger partial charge in [-0.1, -0.05) is 29.8 Å². The Kier molecular flexibility index (Phi) is 4.28. The molecule has 0 unspecified atom stereocenters. The molecule has 0 spiro atoms. The molecule has 1 aliphatic heterocycles. The van der Waals surface area contributed by atoms with Crippen molar-refractivity contribution in [1.82, 2.24) is 0 Å². The van der Waals surface area contributed by atoms with Gasteiger partial charge in [0.2, 0.25) is 5.91 Å². The van der Waals surface area contributed by atoms with Crippen LogP contribution in [-0.4, -0.2) is 18.2 Å². The van der Waals surface area contributed by atoms with E-state index in [1.807, 2.05) is 54.3 Å². The standard InChI is InChI=1S/C20H21NO2/c1-14-5-7-16(8-6-14)12-20(23)21-11-3-4-18-13-17(15(2)22)9-10-19(18)21/h5-10,13H,3-4,11-12H2,1-2H3. The minimum Gasteiger partial charge on any atom is -0.312 e. The van der Waals surface area contributed by atoms with E-state index < -0.39 is 0 Å². The molecule has 0 fully saturated rings. The number of anilines is 1. The van der Waals surface area contributed by atoms with Crippen LogP contribution in [0.15, 0.2) is 42.5 Å². The Labute approximate surface area is 136 Å². The molecule has 0 radical (unpaired) electrons. The molecule has 1 aliphatic rings. The molecule has 118 valence electrons. The SMILES string of the molecule is CC(=O)c1ccc2c(c1)CCCN2C(=O)Cc1ccc(C)cc1. The summed E-state index contributed by atoms with van der Waals surface area (Å²) in [5, 5.41) is 0. The van der Waals surface area contributed by atoms with Gasteiger partial charge in [0, 0.05) is 17.8 Å². The summed E-state index contributed by atoms with van der Waals surface area (Å²) < 4.78 is 0. The van der Waals surface area contributed by atoms with E-state index in [0.29, 0.717) is 6.42 Å². The van der Waals surface area contributed by atoms with Crippen LogP contribution in [0, 0.1) is 6.92 Å². The maximum Gasteiger partial charge on any atom is 0.231 e. The quantitative estimate of drug-likeness (QED) is 0.810. The summed E-state index contributed by atoms with van der Waals surface area (Å²) in [6.07, 6.45) is 2.27. The zero-order chi connectivity index (χ0) is 16.4. The summed E-state index contributed by atoms with van der Waals surface area (Å²) >= 11 is 0. The zero-order valence-corrected chi connectivity index (χ0v) is 13.6. The lowest BCUT2D eigenvalue weighted by Gasteiger charge is -2.30. The number of hydrogen-bond acceptors (Lipinski definition) is 2. The van der Waals surface area contributed by atoms with E-state index in [9.17, 15) is 9.59 Å². The average molecular weight is 307 g/mol.